The zero-order chi connectivity index (χ0) is 30.9. The van der Waals surface area contributed by atoms with Gasteiger partial charge in [0.25, 0.3) is 0 Å². The van der Waals surface area contributed by atoms with Crippen molar-refractivity contribution in [2.24, 2.45) is 21.7 Å². The Morgan fingerprint density at radius 1 is 1.14 bits per heavy atom. The molecule has 0 radical (unpaired) electrons. The van der Waals surface area contributed by atoms with Gasteiger partial charge in [-0.1, -0.05) is 56.1 Å². The second-order valence-corrected chi connectivity index (χ2v) is 13.3. The van der Waals surface area contributed by atoms with E-state index in [1.165, 1.54) is 24.3 Å². The van der Waals surface area contributed by atoms with E-state index in [1.54, 1.807) is 0 Å². The molecule has 4 atom stereocenters. The van der Waals surface area contributed by atoms with Crippen LogP contribution in [0.3, 0.4) is 0 Å². The summed E-state index contributed by atoms with van der Waals surface area (Å²) in [6.45, 7) is 5.59. The first-order chi connectivity index (χ1) is 19.6. The zero-order valence-corrected chi connectivity index (χ0v) is 25.5. The van der Waals surface area contributed by atoms with Gasteiger partial charge in [-0.2, -0.15) is 13.2 Å². The highest BCUT2D eigenvalue weighted by atomic mass is 35.5. The molecule has 4 rings (SSSR count). The number of benzene rings is 2. The monoisotopic (exact) mass is 624 g/mol. The van der Waals surface area contributed by atoms with Crippen molar-refractivity contribution in [3.8, 4) is 0 Å². The van der Waals surface area contributed by atoms with Crippen LogP contribution in [0.2, 0.25) is 10.0 Å². The van der Waals surface area contributed by atoms with Gasteiger partial charge in [0.2, 0.25) is 0 Å². The molecule has 0 saturated heterocycles. The molecule has 0 bridgehead atoms. The summed E-state index contributed by atoms with van der Waals surface area (Å²) in [4.78, 5) is 19.1. The molecule has 6 nitrogen and oxygen atoms in total. The van der Waals surface area contributed by atoms with Crippen LogP contribution in [0.15, 0.2) is 53.5 Å². The lowest BCUT2D eigenvalue weighted by atomic mass is 9.57. The third-order valence-electron chi connectivity index (χ3n) is 8.75. The number of aliphatic imine (C=N–C) groups is 1. The van der Waals surface area contributed by atoms with Crippen LogP contribution >= 0.6 is 23.2 Å². The first-order valence-electron chi connectivity index (χ1n) is 14.1. The first kappa shape index (κ1) is 32.3. The van der Waals surface area contributed by atoms with Crippen LogP contribution in [0.4, 0.5) is 18.0 Å². The average molecular weight is 626 g/mol. The molecule has 3 N–H and O–H groups in total. The highest BCUT2D eigenvalue weighted by Gasteiger charge is 2.52. The topological polar surface area (TPSA) is 88.8 Å². The van der Waals surface area contributed by atoms with Crippen molar-refractivity contribution in [3.63, 3.8) is 0 Å². The maximum Gasteiger partial charge on any atom is 0.416 e. The zero-order valence-electron chi connectivity index (χ0n) is 23.9. The summed E-state index contributed by atoms with van der Waals surface area (Å²) >= 11 is 12.1. The number of alkyl halides is 3. The fourth-order valence-electron chi connectivity index (χ4n) is 6.15. The fraction of sp³-hybridized carbons (Fsp3) is 0.516. The van der Waals surface area contributed by atoms with Crippen molar-refractivity contribution >= 4 is 40.8 Å². The number of hydrogen-bond donors (Lipinski definition) is 3. The number of carbonyl (C=O) groups is 1. The lowest BCUT2D eigenvalue weighted by Gasteiger charge is -2.46. The van der Waals surface area contributed by atoms with Gasteiger partial charge in [-0.3, -0.25) is 15.3 Å². The Morgan fingerprint density at radius 2 is 1.83 bits per heavy atom. The number of fused-ring (bicyclic) bond motifs is 1. The van der Waals surface area contributed by atoms with Crippen LogP contribution in [0.25, 0.3) is 0 Å². The lowest BCUT2D eigenvalue weighted by Crippen LogP contribution is -2.52. The number of amidine groups is 1. The molecule has 1 saturated carbocycles. The van der Waals surface area contributed by atoms with Crippen LogP contribution in [-0.4, -0.2) is 59.0 Å². The molecule has 11 heteroatoms. The summed E-state index contributed by atoms with van der Waals surface area (Å²) in [5.74, 6) is -0.230. The molecule has 0 aromatic heterocycles. The van der Waals surface area contributed by atoms with Gasteiger partial charge in [0.1, 0.15) is 5.84 Å². The van der Waals surface area contributed by atoms with Gasteiger partial charge in [-0.05, 0) is 85.4 Å². The molecular formula is C31H37Cl2F3N4O2. The summed E-state index contributed by atoms with van der Waals surface area (Å²) in [5.41, 5.74) is 1.98. The lowest BCUT2D eigenvalue weighted by molar-refractivity contribution is -0.204. The van der Waals surface area contributed by atoms with Crippen LogP contribution < -0.4 is 5.32 Å². The molecule has 228 valence electrons. The second-order valence-electron chi connectivity index (χ2n) is 12.4. The number of nitrogens with zero attached hydrogens (tertiary/aromatic N) is 2. The number of aliphatic hydroxyl groups excluding tert-OH is 1. The Bertz CT molecular complexity index is 1330. The Hall–Kier alpha value is -2.62. The Balaban J connectivity index is 1.54. The Kier molecular flexibility index (Phi) is 9.65. The number of nitrogens with one attached hydrogen (secondary N) is 2. The normalized spacial score (nSPS) is 24.0. The van der Waals surface area contributed by atoms with Crippen LogP contribution in [0.1, 0.15) is 57.6 Å². The summed E-state index contributed by atoms with van der Waals surface area (Å²) < 4.78 is 39.8. The van der Waals surface area contributed by atoms with E-state index in [0.717, 1.165) is 43.4 Å². The number of amides is 2. The molecule has 1 aliphatic heterocycles. The highest BCUT2D eigenvalue weighted by molar-refractivity contribution is 6.31. The fourth-order valence-corrected chi connectivity index (χ4v) is 6.49. The van der Waals surface area contributed by atoms with Gasteiger partial charge in [0, 0.05) is 26.7 Å². The molecular weight excluding hydrogens is 588 g/mol. The molecule has 2 aromatic rings. The minimum Gasteiger partial charge on any atom is -0.382 e. The number of aryl methyl sites for hydroxylation is 1. The van der Waals surface area contributed by atoms with E-state index in [0.29, 0.717) is 14.9 Å². The Labute approximate surface area is 254 Å². The molecule has 0 spiro atoms. The van der Waals surface area contributed by atoms with Crippen LogP contribution in [0.5, 0.6) is 0 Å². The molecule has 1 aliphatic carbocycles. The smallest absolute Gasteiger partial charge is 0.382 e. The number of hydrogen-bond acceptors (Lipinski definition) is 4. The van der Waals surface area contributed by atoms with E-state index >= 15 is 0 Å². The predicted octanol–water partition coefficient (Wildman–Crippen LogP) is 7.54. The van der Waals surface area contributed by atoms with Gasteiger partial charge >= 0.3 is 12.2 Å². The van der Waals surface area contributed by atoms with Crippen LogP contribution in [0, 0.1) is 22.2 Å². The van der Waals surface area contributed by atoms with E-state index in [1.807, 2.05) is 24.3 Å². The average Bonchev–Trinajstić information content (AvgIpc) is 3.18. The third-order valence-corrected chi connectivity index (χ3v) is 9.24. The molecule has 3 unspecified atom stereocenters. The Morgan fingerprint density at radius 3 is 2.48 bits per heavy atom. The number of aliphatic hydroxyl groups is 1. The van der Waals surface area contributed by atoms with Crippen molar-refractivity contribution in [2.75, 3.05) is 13.1 Å². The van der Waals surface area contributed by atoms with Gasteiger partial charge in [0.15, 0.2) is 6.10 Å². The van der Waals surface area contributed by atoms with E-state index in [9.17, 15) is 23.1 Å². The summed E-state index contributed by atoms with van der Waals surface area (Å²) in [6, 6.07) is 12.7. The number of carbonyl (C=O) groups excluding carboxylic acids is 1. The summed E-state index contributed by atoms with van der Waals surface area (Å²) in [7, 11) is 0. The number of halogens is 5. The maximum absolute atomic E-state index is 13.3. The first-order valence-corrected chi connectivity index (χ1v) is 14.8. The summed E-state index contributed by atoms with van der Waals surface area (Å²) in [6.07, 6.45) is -3.35. The summed E-state index contributed by atoms with van der Waals surface area (Å²) in [5, 5.41) is 22.0. The van der Waals surface area contributed by atoms with Gasteiger partial charge in [-0.25, -0.2) is 4.79 Å². The molecule has 1 heterocycles. The van der Waals surface area contributed by atoms with Gasteiger partial charge in [-0.15, -0.1) is 0 Å². The van der Waals surface area contributed by atoms with E-state index in [-0.39, 0.29) is 34.9 Å². The van der Waals surface area contributed by atoms with Gasteiger partial charge < -0.3 is 10.4 Å². The van der Waals surface area contributed by atoms with Crippen molar-refractivity contribution in [2.45, 2.75) is 71.2 Å². The predicted molar refractivity (Wildman–Crippen MR) is 161 cm³/mol. The molecule has 2 amide bonds. The highest BCUT2D eigenvalue weighted by Crippen LogP contribution is 2.55. The van der Waals surface area contributed by atoms with E-state index in [4.69, 9.17) is 33.6 Å². The number of rotatable bonds is 8. The molecule has 2 aromatic carbocycles. The quantitative estimate of drug-likeness (QED) is 0.209. The molecule has 42 heavy (non-hydrogen) atoms. The van der Waals surface area contributed by atoms with Crippen molar-refractivity contribution in [3.05, 3.63) is 69.7 Å². The SMILES string of the molecule is CC1(C)CCC2(C)C(CNC(=O)N(C[C@H](O)C(F)(F)F)C(=N)c3ccc(Cl)cc3)=NC(CCc3cccc(Cl)c3)C2C1. The van der Waals surface area contributed by atoms with Crippen LogP contribution in [-0.2, 0) is 6.42 Å². The van der Waals surface area contributed by atoms with Crippen molar-refractivity contribution in [1.29, 1.82) is 5.41 Å². The standard InChI is InChI=1S/C31H37Cl2F3N4O2/c1-29(2)13-14-30(3)23(16-29)24(12-7-19-5-4-6-22(33)15-19)39-25(30)17-38-28(42)40(18-26(41)31(34,35)36)27(37)20-8-10-21(32)11-9-20/h4-6,8-11,15,23-24,26,37,41H,7,12-14,16-18H2,1-3H3,(H,38,42)/t23?,24?,26-,30?/m0/s1. The second kappa shape index (κ2) is 12.5. The van der Waals surface area contributed by atoms with E-state index in [2.05, 4.69) is 26.1 Å². The minimum absolute atomic E-state index is 0.0241. The largest absolute Gasteiger partial charge is 0.416 e. The minimum atomic E-state index is -4.96. The van der Waals surface area contributed by atoms with E-state index < -0.39 is 30.7 Å². The van der Waals surface area contributed by atoms with Gasteiger partial charge in [0.05, 0.1) is 19.1 Å². The third kappa shape index (κ3) is 7.47. The maximum atomic E-state index is 13.3. The molecule has 2 aliphatic rings. The van der Waals surface area contributed by atoms with Crippen molar-refractivity contribution < 1.29 is 23.1 Å². The molecule has 1 fully saturated rings. The number of urea groups is 1. The van der Waals surface area contributed by atoms with Crippen molar-refractivity contribution in [1.82, 2.24) is 10.2 Å².